The molecule has 1 aliphatic carbocycles. The lowest BCUT2D eigenvalue weighted by atomic mass is 9.79. The van der Waals surface area contributed by atoms with Crippen LogP contribution in [-0.2, 0) is 4.74 Å². The standard InChI is InChI=1S/C16H23NO3/c17-15-13(18)5-4-6-14(15)20-12-7-10-19-16(11-12)8-2-1-3-9-16/h4-6,12,18H,1-3,7-11,17H2. The molecule has 1 spiro atoms. The summed E-state index contributed by atoms with van der Waals surface area (Å²) in [5, 5.41) is 9.64. The minimum Gasteiger partial charge on any atom is -0.506 e. The molecule has 2 aliphatic rings. The molecular weight excluding hydrogens is 254 g/mol. The number of rotatable bonds is 2. The van der Waals surface area contributed by atoms with Gasteiger partial charge >= 0.3 is 0 Å². The summed E-state index contributed by atoms with van der Waals surface area (Å²) in [6.07, 6.45) is 8.05. The van der Waals surface area contributed by atoms with Gasteiger partial charge in [0.2, 0.25) is 0 Å². The summed E-state index contributed by atoms with van der Waals surface area (Å²) in [6, 6.07) is 5.16. The molecule has 2 fully saturated rings. The number of aromatic hydroxyl groups is 1. The summed E-state index contributed by atoms with van der Waals surface area (Å²) in [5.41, 5.74) is 6.21. The van der Waals surface area contributed by atoms with E-state index < -0.39 is 0 Å². The van der Waals surface area contributed by atoms with Gasteiger partial charge in [0.05, 0.1) is 12.2 Å². The molecule has 1 unspecified atom stereocenters. The first-order valence-corrected chi connectivity index (χ1v) is 7.57. The fourth-order valence-corrected chi connectivity index (χ4v) is 3.44. The Morgan fingerprint density at radius 1 is 1.25 bits per heavy atom. The van der Waals surface area contributed by atoms with Crippen molar-refractivity contribution in [3.8, 4) is 11.5 Å². The summed E-state index contributed by atoms with van der Waals surface area (Å²) in [5.74, 6) is 0.671. The average Bonchev–Trinajstić information content (AvgIpc) is 2.45. The van der Waals surface area contributed by atoms with E-state index in [-0.39, 0.29) is 17.5 Å². The maximum Gasteiger partial charge on any atom is 0.146 e. The van der Waals surface area contributed by atoms with Crippen molar-refractivity contribution in [3.05, 3.63) is 18.2 Å². The lowest BCUT2D eigenvalue weighted by molar-refractivity contribution is -0.129. The predicted octanol–water partition coefficient (Wildman–Crippen LogP) is 3.24. The Hall–Kier alpha value is -1.42. The fraction of sp³-hybridized carbons (Fsp3) is 0.625. The van der Waals surface area contributed by atoms with Crippen molar-refractivity contribution in [2.45, 2.75) is 56.7 Å². The summed E-state index contributed by atoms with van der Waals surface area (Å²) in [4.78, 5) is 0. The van der Waals surface area contributed by atoms with E-state index in [1.807, 2.05) is 6.07 Å². The van der Waals surface area contributed by atoms with Crippen LogP contribution in [0.15, 0.2) is 18.2 Å². The second-order valence-electron chi connectivity index (χ2n) is 6.01. The lowest BCUT2D eigenvalue weighted by Crippen LogP contribution is -2.45. The first-order valence-electron chi connectivity index (χ1n) is 7.57. The Balaban J connectivity index is 1.69. The van der Waals surface area contributed by atoms with E-state index in [1.54, 1.807) is 12.1 Å². The van der Waals surface area contributed by atoms with Gasteiger partial charge in [0.25, 0.3) is 0 Å². The predicted molar refractivity (Wildman–Crippen MR) is 77.9 cm³/mol. The van der Waals surface area contributed by atoms with Crippen LogP contribution in [0.1, 0.15) is 44.9 Å². The van der Waals surface area contributed by atoms with Gasteiger partial charge in [-0.2, -0.15) is 0 Å². The maximum absolute atomic E-state index is 9.64. The molecule has 4 heteroatoms. The molecular formula is C16H23NO3. The molecule has 0 aromatic heterocycles. The highest BCUT2D eigenvalue weighted by Gasteiger charge is 2.39. The maximum atomic E-state index is 9.64. The number of anilines is 1. The first kappa shape index (κ1) is 13.6. The zero-order chi connectivity index (χ0) is 14.0. The van der Waals surface area contributed by atoms with Crippen LogP contribution >= 0.6 is 0 Å². The molecule has 3 rings (SSSR count). The number of para-hydroxylation sites is 1. The highest BCUT2D eigenvalue weighted by Crippen LogP contribution is 2.40. The molecule has 3 N–H and O–H groups in total. The Kier molecular flexibility index (Phi) is 3.74. The van der Waals surface area contributed by atoms with E-state index in [2.05, 4.69) is 0 Å². The Morgan fingerprint density at radius 2 is 2.05 bits per heavy atom. The minimum absolute atomic E-state index is 0.0206. The molecule has 1 saturated carbocycles. The molecule has 1 aromatic rings. The van der Waals surface area contributed by atoms with Gasteiger partial charge in [-0.15, -0.1) is 0 Å². The monoisotopic (exact) mass is 277 g/mol. The smallest absolute Gasteiger partial charge is 0.146 e. The second kappa shape index (κ2) is 5.52. The molecule has 110 valence electrons. The molecule has 0 bridgehead atoms. The largest absolute Gasteiger partial charge is 0.506 e. The number of phenolic OH excluding ortho intramolecular Hbond substituents is 1. The molecule has 1 aromatic carbocycles. The average molecular weight is 277 g/mol. The van der Waals surface area contributed by atoms with Crippen LogP contribution in [-0.4, -0.2) is 23.4 Å². The van der Waals surface area contributed by atoms with Gasteiger partial charge in [-0.05, 0) is 25.0 Å². The van der Waals surface area contributed by atoms with Crippen LogP contribution < -0.4 is 10.5 Å². The van der Waals surface area contributed by atoms with Crippen LogP contribution in [0.5, 0.6) is 11.5 Å². The molecule has 1 aliphatic heterocycles. The third-order valence-corrected chi connectivity index (χ3v) is 4.55. The quantitative estimate of drug-likeness (QED) is 0.643. The van der Waals surface area contributed by atoms with Crippen LogP contribution in [0.25, 0.3) is 0 Å². The highest BCUT2D eigenvalue weighted by molar-refractivity contribution is 5.61. The molecule has 20 heavy (non-hydrogen) atoms. The van der Waals surface area contributed by atoms with Crippen molar-refractivity contribution < 1.29 is 14.6 Å². The van der Waals surface area contributed by atoms with E-state index in [1.165, 1.54) is 19.3 Å². The number of nitrogen functional groups attached to an aromatic ring is 1. The van der Waals surface area contributed by atoms with Crippen LogP contribution in [0.4, 0.5) is 5.69 Å². The van der Waals surface area contributed by atoms with E-state index in [0.29, 0.717) is 11.4 Å². The van der Waals surface area contributed by atoms with Crippen LogP contribution in [0.2, 0.25) is 0 Å². The SMILES string of the molecule is Nc1c(O)cccc1OC1CCOC2(CCCCC2)C1. The van der Waals surface area contributed by atoms with E-state index >= 15 is 0 Å². The summed E-state index contributed by atoms with van der Waals surface area (Å²) < 4.78 is 12.1. The fourth-order valence-electron chi connectivity index (χ4n) is 3.44. The molecule has 0 amide bonds. The van der Waals surface area contributed by atoms with Crippen LogP contribution in [0.3, 0.4) is 0 Å². The number of hydrogen-bond acceptors (Lipinski definition) is 4. The molecule has 1 atom stereocenters. The summed E-state index contributed by atoms with van der Waals surface area (Å²) >= 11 is 0. The lowest BCUT2D eigenvalue weighted by Gasteiger charge is -2.43. The van der Waals surface area contributed by atoms with Gasteiger partial charge < -0.3 is 20.3 Å². The van der Waals surface area contributed by atoms with Gasteiger partial charge in [-0.25, -0.2) is 0 Å². The van der Waals surface area contributed by atoms with Gasteiger partial charge in [0.15, 0.2) is 0 Å². The third kappa shape index (κ3) is 2.70. The molecule has 1 saturated heterocycles. The zero-order valence-corrected chi connectivity index (χ0v) is 11.8. The van der Waals surface area contributed by atoms with E-state index in [9.17, 15) is 5.11 Å². The number of phenols is 1. The van der Waals surface area contributed by atoms with Gasteiger partial charge in [-0.3, -0.25) is 0 Å². The van der Waals surface area contributed by atoms with E-state index in [4.69, 9.17) is 15.2 Å². The summed E-state index contributed by atoms with van der Waals surface area (Å²) in [6.45, 7) is 0.753. The number of ether oxygens (including phenoxy) is 2. The zero-order valence-electron chi connectivity index (χ0n) is 11.8. The van der Waals surface area contributed by atoms with Gasteiger partial charge in [-0.1, -0.05) is 25.3 Å². The van der Waals surface area contributed by atoms with Crippen LogP contribution in [0, 0.1) is 0 Å². The number of hydrogen-bond donors (Lipinski definition) is 2. The van der Waals surface area contributed by atoms with Gasteiger partial charge in [0.1, 0.15) is 23.3 Å². The van der Waals surface area contributed by atoms with Gasteiger partial charge in [0, 0.05) is 12.8 Å². The number of benzene rings is 1. The highest BCUT2D eigenvalue weighted by atomic mass is 16.5. The Morgan fingerprint density at radius 3 is 2.85 bits per heavy atom. The topological polar surface area (TPSA) is 64.7 Å². The summed E-state index contributed by atoms with van der Waals surface area (Å²) in [7, 11) is 0. The van der Waals surface area contributed by atoms with Crippen molar-refractivity contribution >= 4 is 5.69 Å². The van der Waals surface area contributed by atoms with Crippen molar-refractivity contribution in [1.29, 1.82) is 0 Å². The third-order valence-electron chi connectivity index (χ3n) is 4.55. The Labute approximate surface area is 119 Å². The molecule has 0 radical (unpaired) electrons. The van der Waals surface area contributed by atoms with Crippen molar-refractivity contribution in [3.63, 3.8) is 0 Å². The first-order chi connectivity index (χ1) is 9.69. The van der Waals surface area contributed by atoms with Crippen molar-refractivity contribution in [2.24, 2.45) is 0 Å². The second-order valence-corrected chi connectivity index (χ2v) is 6.01. The van der Waals surface area contributed by atoms with Crippen molar-refractivity contribution in [1.82, 2.24) is 0 Å². The molecule has 4 nitrogen and oxygen atoms in total. The normalized spacial score (nSPS) is 25.5. The minimum atomic E-state index is 0.0206. The van der Waals surface area contributed by atoms with Crippen molar-refractivity contribution in [2.75, 3.05) is 12.3 Å². The Bertz CT molecular complexity index is 463. The molecule has 1 heterocycles. The van der Waals surface area contributed by atoms with E-state index in [0.717, 1.165) is 32.3 Å². The number of nitrogens with two attached hydrogens (primary N) is 1.